The third-order valence-electron chi connectivity index (χ3n) is 5.27. The van der Waals surface area contributed by atoms with Gasteiger partial charge in [-0.05, 0) is 35.4 Å². The van der Waals surface area contributed by atoms with Crippen LogP contribution in [0.25, 0.3) is 5.70 Å². The Bertz CT molecular complexity index is 1250. The summed E-state index contributed by atoms with van der Waals surface area (Å²) in [6.07, 6.45) is 0. The second-order valence-corrected chi connectivity index (χ2v) is 7.34. The van der Waals surface area contributed by atoms with E-state index in [1.165, 1.54) is 14.2 Å². The van der Waals surface area contributed by atoms with Gasteiger partial charge >= 0.3 is 18.0 Å². The molecule has 0 radical (unpaired) electrons. The normalized spacial score (nSPS) is 15.1. The van der Waals surface area contributed by atoms with Crippen LogP contribution in [0.5, 0.6) is 11.5 Å². The predicted octanol–water partition coefficient (Wildman–Crippen LogP) is 3.85. The van der Waals surface area contributed by atoms with Crippen molar-refractivity contribution in [3.05, 3.63) is 101 Å². The van der Waals surface area contributed by atoms with Gasteiger partial charge in [0, 0.05) is 0 Å². The van der Waals surface area contributed by atoms with E-state index in [0.717, 1.165) is 0 Å². The van der Waals surface area contributed by atoms with E-state index in [2.05, 4.69) is 10.6 Å². The van der Waals surface area contributed by atoms with Gasteiger partial charge in [0.25, 0.3) is 0 Å². The first-order chi connectivity index (χ1) is 16.5. The molecular weight excluding hydrogens is 436 g/mol. The lowest BCUT2D eigenvalue weighted by Crippen LogP contribution is -2.45. The first-order valence-electron chi connectivity index (χ1n) is 10.4. The van der Waals surface area contributed by atoms with Gasteiger partial charge in [0.2, 0.25) is 0 Å². The highest BCUT2D eigenvalue weighted by Gasteiger charge is 2.34. The van der Waals surface area contributed by atoms with Crippen LogP contribution in [0.15, 0.2) is 84.4 Å². The Morgan fingerprint density at radius 2 is 1.50 bits per heavy atom. The lowest BCUT2D eigenvalue weighted by atomic mass is 9.92. The lowest BCUT2D eigenvalue weighted by molar-refractivity contribution is -0.136. The van der Waals surface area contributed by atoms with Crippen LogP contribution in [0, 0.1) is 0 Å². The topological polar surface area (TPSA) is 103 Å². The molecule has 3 aromatic rings. The molecule has 0 saturated heterocycles. The number of ether oxygens (including phenoxy) is 3. The molecule has 3 aromatic carbocycles. The van der Waals surface area contributed by atoms with Crippen LogP contribution in [0.1, 0.15) is 27.5 Å². The summed E-state index contributed by atoms with van der Waals surface area (Å²) in [4.78, 5) is 37.8. The van der Waals surface area contributed by atoms with E-state index >= 15 is 0 Å². The number of esters is 2. The maximum atomic E-state index is 12.8. The van der Waals surface area contributed by atoms with E-state index < -0.39 is 24.0 Å². The van der Waals surface area contributed by atoms with Crippen molar-refractivity contribution in [2.75, 3.05) is 14.2 Å². The molecule has 2 amide bonds. The number of urea groups is 1. The number of hydrogen-bond donors (Lipinski definition) is 2. The van der Waals surface area contributed by atoms with E-state index in [0.29, 0.717) is 22.4 Å². The average molecular weight is 458 g/mol. The van der Waals surface area contributed by atoms with Gasteiger partial charge in [-0.3, -0.25) is 0 Å². The van der Waals surface area contributed by atoms with Crippen molar-refractivity contribution in [2.45, 2.75) is 6.04 Å². The maximum absolute atomic E-state index is 12.8. The molecule has 1 aliphatic rings. The van der Waals surface area contributed by atoms with Crippen LogP contribution < -0.4 is 20.1 Å². The van der Waals surface area contributed by atoms with Crippen molar-refractivity contribution in [3.8, 4) is 11.5 Å². The summed E-state index contributed by atoms with van der Waals surface area (Å²) in [6, 6.07) is 21.1. The summed E-state index contributed by atoms with van der Waals surface area (Å²) >= 11 is 0. The quantitative estimate of drug-likeness (QED) is 0.430. The Morgan fingerprint density at radius 3 is 2.15 bits per heavy atom. The summed E-state index contributed by atoms with van der Waals surface area (Å²) in [5.41, 5.74) is 2.16. The Hall–Kier alpha value is -4.59. The number of carbonyl (C=O) groups excluding carboxylic acids is 3. The van der Waals surface area contributed by atoms with Crippen molar-refractivity contribution in [1.29, 1.82) is 0 Å². The fourth-order valence-corrected chi connectivity index (χ4v) is 3.66. The molecular formula is C26H22N2O6. The number of nitrogens with one attached hydrogen (secondary N) is 2. The van der Waals surface area contributed by atoms with Crippen LogP contribution >= 0.6 is 0 Å². The van der Waals surface area contributed by atoms with Gasteiger partial charge < -0.3 is 24.8 Å². The zero-order chi connectivity index (χ0) is 24.1. The van der Waals surface area contributed by atoms with Crippen LogP contribution in [0.4, 0.5) is 4.79 Å². The molecule has 8 heteroatoms. The first kappa shape index (κ1) is 22.6. The molecule has 172 valence electrons. The van der Waals surface area contributed by atoms with Gasteiger partial charge in [-0.2, -0.15) is 0 Å². The molecule has 0 fully saturated rings. The zero-order valence-corrected chi connectivity index (χ0v) is 18.5. The van der Waals surface area contributed by atoms with Gasteiger partial charge in [0.15, 0.2) is 11.5 Å². The molecule has 1 unspecified atom stereocenters. The highest BCUT2D eigenvalue weighted by atomic mass is 16.6. The Kier molecular flexibility index (Phi) is 6.59. The van der Waals surface area contributed by atoms with Crippen molar-refractivity contribution in [1.82, 2.24) is 10.6 Å². The first-order valence-corrected chi connectivity index (χ1v) is 10.4. The molecule has 0 aromatic heterocycles. The summed E-state index contributed by atoms with van der Waals surface area (Å²) < 4.78 is 16.0. The van der Waals surface area contributed by atoms with Crippen LogP contribution in [0.2, 0.25) is 0 Å². The fraction of sp³-hybridized carbons (Fsp3) is 0.115. The average Bonchev–Trinajstić information content (AvgIpc) is 2.89. The fourth-order valence-electron chi connectivity index (χ4n) is 3.66. The smallest absolute Gasteiger partial charge is 0.343 e. The molecule has 0 saturated carbocycles. The standard InChI is InChI=1S/C26H22N2O6/c1-32-20-15-18(13-14-19(20)34-24(29)17-11-7-4-8-12-17)23-21(25(30)33-2)22(27-26(31)28-23)16-9-5-3-6-10-16/h3-15,23H,1-2H3,(H2,27,28,31). The molecule has 0 spiro atoms. The molecule has 34 heavy (non-hydrogen) atoms. The molecule has 4 rings (SSSR count). The molecule has 8 nitrogen and oxygen atoms in total. The molecule has 1 aliphatic heterocycles. The molecule has 0 bridgehead atoms. The third kappa shape index (κ3) is 4.61. The summed E-state index contributed by atoms with van der Waals surface area (Å²) in [5.74, 6) is -0.675. The largest absolute Gasteiger partial charge is 0.493 e. The second kappa shape index (κ2) is 9.91. The molecule has 2 N–H and O–H groups in total. The number of carbonyl (C=O) groups is 3. The van der Waals surface area contributed by atoms with E-state index in [-0.39, 0.29) is 17.1 Å². The van der Waals surface area contributed by atoms with Gasteiger partial charge in [-0.1, -0.05) is 54.6 Å². The number of hydrogen-bond acceptors (Lipinski definition) is 6. The van der Waals surface area contributed by atoms with E-state index in [9.17, 15) is 14.4 Å². The predicted molar refractivity (Wildman–Crippen MR) is 124 cm³/mol. The third-order valence-corrected chi connectivity index (χ3v) is 5.27. The number of rotatable bonds is 6. The number of amides is 2. The highest BCUT2D eigenvalue weighted by molar-refractivity contribution is 6.04. The van der Waals surface area contributed by atoms with Crippen molar-refractivity contribution in [2.24, 2.45) is 0 Å². The Balaban J connectivity index is 1.74. The summed E-state index contributed by atoms with van der Waals surface area (Å²) in [5, 5.41) is 5.47. The monoisotopic (exact) mass is 458 g/mol. The van der Waals surface area contributed by atoms with Crippen molar-refractivity contribution in [3.63, 3.8) is 0 Å². The van der Waals surface area contributed by atoms with Gasteiger partial charge in [-0.15, -0.1) is 0 Å². The number of methoxy groups -OCH3 is 2. The maximum Gasteiger partial charge on any atom is 0.343 e. The van der Waals surface area contributed by atoms with Crippen LogP contribution in [-0.2, 0) is 9.53 Å². The molecule has 1 heterocycles. The molecule has 0 aliphatic carbocycles. The van der Waals surface area contributed by atoms with E-state index in [1.54, 1.807) is 72.8 Å². The highest BCUT2D eigenvalue weighted by Crippen LogP contribution is 2.36. The van der Waals surface area contributed by atoms with Gasteiger partial charge in [0.1, 0.15) is 0 Å². The van der Waals surface area contributed by atoms with Gasteiger partial charge in [0.05, 0.1) is 37.1 Å². The minimum atomic E-state index is -0.829. The van der Waals surface area contributed by atoms with E-state index in [1.807, 2.05) is 6.07 Å². The zero-order valence-electron chi connectivity index (χ0n) is 18.5. The van der Waals surface area contributed by atoms with Crippen molar-refractivity contribution >= 4 is 23.7 Å². The van der Waals surface area contributed by atoms with Crippen LogP contribution in [0.3, 0.4) is 0 Å². The minimum absolute atomic E-state index is 0.201. The Morgan fingerprint density at radius 1 is 0.824 bits per heavy atom. The molecule has 1 atom stereocenters. The Labute approximate surface area is 196 Å². The SMILES string of the molecule is COC(=O)C1=C(c2ccccc2)NC(=O)NC1c1ccc(OC(=O)c2ccccc2)c(OC)c1. The minimum Gasteiger partial charge on any atom is -0.493 e. The van der Waals surface area contributed by atoms with Crippen molar-refractivity contribution < 1.29 is 28.6 Å². The van der Waals surface area contributed by atoms with Crippen LogP contribution in [-0.4, -0.2) is 32.2 Å². The summed E-state index contributed by atoms with van der Waals surface area (Å²) in [6.45, 7) is 0. The lowest BCUT2D eigenvalue weighted by Gasteiger charge is -2.29. The second-order valence-electron chi connectivity index (χ2n) is 7.34. The number of benzene rings is 3. The summed E-state index contributed by atoms with van der Waals surface area (Å²) in [7, 11) is 2.71. The van der Waals surface area contributed by atoms with Gasteiger partial charge in [-0.25, -0.2) is 14.4 Å². The van der Waals surface area contributed by atoms with E-state index in [4.69, 9.17) is 14.2 Å².